The zero-order chi connectivity index (χ0) is 11.4. The molecule has 4 heteroatoms. The Morgan fingerprint density at radius 3 is 1.19 bits per heavy atom. The molecule has 2 aromatic rings. The minimum absolute atomic E-state index is 0.994. The second kappa shape index (κ2) is 5.96. The smallest absolute Gasteiger partial charge is 0.0187 e. The third-order valence-corrected chi connectivity index (χ3v) is 4.92. The summed E-state index contributed by atoms with van der Waals surface area (Å²) in [6.07, 6.45) is 0. The van der Waals surface area contributed by atoms with E-state index < -0.39 is 0 Å². The van der Waals surface area contributed by atoms with Crippen LogP contribution in [0.2, 0.25) is 0 Å². The van der Waals surface area contributed by atoms with E-state index in [-0.39, 0.29) is 0 Å². The van der Waals surface area contributed by atoms with Crippen LogP contribution >= 0.6 is 46.8 Å². The summed E-state index contributed by atoms with van der Waals surface area (Å²) >= 11 is 8.51. The molecule has 0 aliphatic carbocycles. The highest BCUT2D eigenvalue weighted by Gasteiger charge is 1.97. The van der Waals surface area contributed by atoms with Gasteiger partial charge < -0.3 is 0 Å². The molecule has 0 N–H and O–H groups in total. The third-order valence-electron chi connectivity index (χ3n) is 1.91. The maximum atomic E-state index is 4.26. The number of benzene rings is 2. The molecule has 0 amide bonds. The highest BCUT2D eigenvalue weighted by Crippen LogP contribution is 2.37. The fourth-order valence-electron chi connectivity index (χ4n) is 1.10. The average Bonchev–Trinajstić information content (AvgIpc) is 2.30. The third kappa shape index (κ3) is 3.70. The summed E-state index contributed by atoms with van der Waals surface area (Å²) in [5, 5.41) is 0. The molecule has 0 radical (unpaired) electrons. The molecule has 16 heavy (non-hydrogen) atoms. The van der Waals surface area contributed by atoms with Gasteiger partial charge in [0.2, 0.25) is 0 Å². The molecule has 0 aliphatic heterocycles. The van der Waals surface area contributed by atoms with Crippen LogP contribution in [0.1, 0.15) is 0 Å². The number of hydrogen-bond donors (Lipinski definition) is 2. The van der Waals surface area contributed by atoms with Gasteiger partial charge in [-0.2, -0.15) is 0 Å². The van der Waals surface area contributed by atoms with Crippen LogP contribution in [0, 0.1) is 0 Å². The normalized spacial score (nSPS) is 10.4. The van der Waals surface area contributed by atoms with Crippen LogP contribution in [0.25, 0.3) is 0 Å². The minimum atomic E-state index is 0.994. The predicted octanol–water partition coefficient (Wildman–Crippen LogP) is 5.06. The van der Waals surface area contributed by atoms with Crippen molar-refractivity contribution in [2.75, 3.05) is 0 Å². The molecule has 0 bridgehead atoms. The van der Waals surface area contributed by atoms with Gasteiger partial charge >= 0.3 is 0 Å². The summed E-state index contributed by atoms with van der Waals surface area (Å²) in [6, 6.07) is 16.3. The fraction of sp³-hybridized carbons (Fsp3) is 0. The molecule has 0 unspecified atom stereocenters. The first-order chi connectivity index (χ1) is 7.74. The number of rotatable bonds is 3. The molecule has 0 heterocycles. The van der Waals surface area contributed by atoms with Gasteiger partial charge in [0.05, 0.1) is 0 Å². The van der Waals surface area contributed by atoms with Crippen molar-refractivity contribution in [3.63, 3.8) is 0 Å². The molecule has 0 atom stereocenters. The van der Waals surface area contributed by atoms with Crippen LogP contribution in [0.4, 0.5) is 0 Å². The van der Waals surface area contributed by atoms with Crippen molar-refractivity contribution in [2.45, 2.75) is 19.6 Å². The monoisotopic (exact) mass is 282 g/mol. The summed E-state index contributed by atoms with van der Waals surface area (Å²) in [5.41, 5.74) is 0. The van der Waals surface area contributed by atoms with Gasteiger partial charge in [0.1, 0.15) is 0 Å². The lowest BCUT2D eigenvalue weighted by molar-refractivity contribution is 1.36. The zero-order valence-electron chi connectivity index (χ0n) is 8.33. The van der Waals surface area contributed by atoms with E-state index in [1.807, 2.05) is 24.3 Å². The van der Waals surface area contributed by atoms with E-state index in [1.54, 1.807) is 21.6 Å². The molecule has 0 aromatic heterocycles. The van der Waals surface area contributed by atoms with Crippen molar-refractivity contribution >= 4 is 46.8 Å². The Morgan fingerprint density at radius 1 is 0.562 bits per heavy atom. The van der Waals surface area contributed by atoms with Gasteiger partial charge in [-0.05, 0) is 48.5 Å². The molecule has 2 aromatic carbocycles. The summed E-state index contributed by atoms with van der Waals surface area (Å²) in [5.74, 6) is 0. The summed E-state index contributed by atoms with van der Waals surface area (Å²) in [4.78, 5) is 4.46. The topological polar surface area (TPSA) is 0 Å². The highest BCUT2D eigenvalue weighted by atomic mass is 33.1. The molecule has 0 saturated heterocycles. The minimum Gasteiger partial charge on any atom is -0.143 e. The molecule has 0 saturated carbocycles. The lowest BCUT2D eigenvalue weighted by atomic mass is 10.4. The van der Waals surface area contributed by atoms with Gasteiger partial charge in [0.15, 0.2) is 0 Å². The predicted molar refractivity (Wildman–Crippen MR) is 79.1 cm³/mol. The molecular formula is C12H10S4. The molecule has 0 nitrogen and oxygen atoms in total. The average molecular weight is 282 g/mol. The molecule has 82 valence electrons. The van der Waals surface area contributed by atoms with E-state index in [1.165, 1.54) is 9.79 Å². The first-order valence-corrected chi connectivity index (χ1v) is 7.71. The maximum absolute atomic E-state index is 4.26. The van der Waals surface area contributed by atoms with E-state index in [2.05, 4.69) is 49.5 Å². The fourth-order valence-corrected chi connectivity index (χ4v) is 3.33. The summed E-state index contributed by atoms with van der Waals surface area (Å²) in [7, 11) is 3.49. The number of thiol groups is 2. The van der Waals surface area contributed by atoms with Crippen LogP contribution in [0.15, 0.2) is 68.1 Å². The van der Waals surface area contributed by atoms with Crippen molar-refractivity contribution in [3.8, 4) is 0 Å². The van der Waals surface area contributed by atoms with Crippen LogP contribution in [0.5, 0.6) is 0 Å². The van der Waals surface area contributed by atoms with Gasteiger partial charge in [-0.3, -0.25) is 0 Å². The van der Waals surface area contributed by atoms with Crippen LogP contribution in [-0.4, -0.2) is 0 Å². The van der Waals surface area contributed by atoms with Crippen molar-refractivity contribution in [3.05, 3.63) is 48.5 Å². The van der Waals surface area contributed by atoms with Crippen molar-refractivity contribution in [1.82, 2.24) is 0 Å². The van der Waals surface area contributed by atoms with Crippen LogP contribution in [-0.2, 0) is 0 Å². The van der Waals surface area contributed by atoms with Crippen molar-refractivity contribution < 1.29 is 0 Å². The van der Waals surface area contributed by atoms with Gasteiger partial charge in [-0.1, -0.05) is 21.6 Å². The lowest BCUT2D eigenvalue weighted by Gasteiger charge is -2.01. The zero-order valence-corrected chi connectivity index (χ0v) is 11.8. The maximum Gasteiger partial charge on any atom is 0.0187 e. The Hall–Kier alpha value is -0.160. The SMILES string of the molecule is Sc1ccc(SSc2ccc(S)cc2)cc1. The summed E-state index contributed by atoms with van der Waals surface area (Å²) in [6.45, 7) is 0. The Bertz CT molecular complexity index is 402. The second-order valence-corrected chi connectivity index (χ2v) is 6.46. The second-order valence-electron chi connectivity index (χ2n) is 3.15. The van der Waals surface area contributed by atoms with Crippen LogP contribution < -0.4 is 0 Å². The molecular weight excluding hydrogens is 272 g/mol. The van der Waals surface area contributed by atoms with Crippen molar-refractivity contribution in [2.24, 2.45) is 0 Å². The standard InChI is InChI=1S/C12H10S4/c13-9-1-5-11(6-2-9)15-16-12-7-3-10(14)4-8-12/h1-8,13-14H. The van der Waals surface area contributed by atoms with Gasteiger partial charge in [0, 0.05) is 19.6 Å². The van der Waals surface area contributed by atoms with Crippen molar-refractivity contribution in [1.29, 1.82) is 0 Å². The Balaban J connectivity index is 1.97. The van der Waals surface area contributed by atoms with Gasteiger partial charge in [-0.15, -0.1) is 25.3 Å². The Kier molecular flexibility index (Phi) is 4.58. The van der Waals surface area contributed by atoms with E-state index in [0.717, 1.165) is 9.79 Å². The summed E-state index contributed by atoms with van der Waals surface area (Å²) < 4.78 is 0. The molecule has 0 aliphatic rings. The number of hydrogen-bond acceptors (Lipinski definition) is 4. The van der Waals surface area contributed by atoms with Crippen LogP contribution in [0.3, 0.4) is 0 Å². The Morgan fingerprint density at radius 2 is 0.875 bits per heavy atom. The van der Waals surface area contributed by atoms with E-state index in [0.29, 0.717) is 0 Å². The van der Waals surface area contributed by atoms with Gasteiger partial charge in [-0.25, -0.2) is 0 Å². The highest BCUT2D eigenvalue weighted by molar-refractivity contribution is 8.76. The molecule has 0 fully saturated rings. The first-order valence-electron chi connectivity index (χ1n) is 4.66. The first kappa shape index (κ1) is 12.3. The largest absolute Gasteiger partial charge is 0.143 e. The lowest BCUT2D eigenvalue weighted by Crippen LogP contribution is -1.70. The van der Waals surface area contributed by atoms with E-state index in [9.17, 15) is 0 Å². The van der Waals surface area contributed by atoms with Gasteiger partial charge in [0.25, 0.3) is 0 Å². The van der Waals surface area contributed by atoms with E-state index >= 15 is 0 Å². The quantitative estimate of drug-likeness (QED) is 0.596. The van der Waals surface area contributed by atoms with E-state index in [4.69, 9.17) is 0 Å². The molecule has 2 rings (SSSR count). The molecule has 0 spiro atoms. The Labute approximate surface area is 114 Å².